The second kappa shape index (κ2) is 29.6. The van der Waals surface area contributed by atoms with Crippen LogP contribution < -0.4 is 43.0 Å². The molecule has 0 aromatic heterocycles. The Balaban J connectivity index is 1.18. The fourth-order valence-corrected chi connectivity index (χ4v) is 10.1. The molecule has 1 unspecified atom stereocenters. The Morgan fingerprint density at radius 1 is 0.687 bits per heavy atom. The highest BCUT2D eigenvalue weighted by atomic mass is 16.6. The molecule has 1 aliphatic carbocycles. The molecule has 20 heteroatoms. The monoisotopic (exact) mass is 1140 g/mol. The van der Waals surface area contributed by atoms with Crippen LogP contribution in [-0.4, -0.2) is 117 Å². The van der Waals surface area contributed by atoms with E-state index in [0.29, 0.717) is 28.1 Å². The van der Waals surface area contributed by atoms with E-state index in [-0.39, 0.29) is 57.0 Å². The molecule has 0 bridgehead atoms. The molecule has 8 amide bonds. The van der Waals surface area contributed by atoms with Gasteiger partial charge in [0.15, 0.2) is 0 Å². The Hall–Kier alpha value is -8.26. The molecule has 0 saturated heterocycles. The summed E-state index contributed by atoms with van der Waals surface area (Å²) in [4.78, 5) is 108. The molecule has 20 nitrogen and oxygen atoms in total. The third-order valence-corrected chi connectivity index (χ3v) is 14.8. The molecular weight excluding hydrogens is 1060 g/mol. The van der Waals surface area contributed by atoms with E-state index in [1.54, 1.807) is 95.2 Å². The van der Waals surface area contributed by atoms with Crippen molar-refractivity contribution in [3.63, 3.8) is 0 Å². The maximum Gasteiger partial charge on any atom is 0.411 e. The molecule has 448 valence electrons. The SMILES string of the molecule is CCOC(=O)/C(C)=C/[C@H](C(C)C)N(C)C(=O)[C@@H](NC(=O)C(NC)C(C)(C)c1cccc(NC(=O)OCc2ccc(NC(=O)[C@H](CCCNC(N)=O)NC(=O)[C@@H](NC(=O)OCC3c4ccccc4-c4ccccc43)C(C)C)cc2)c1)C(C)(C)C. The van der Waals surface area contributed by atoms with Gasteiger partial charge in [-0.15, -0.1) is 0 Å². The number of esters is 1. The van der Waals surface area contributed by atoms with Gasteiger partial charge in [-0.2, -0.15) is 0 Å². The second-order valence-corrected chi connectivity index (χ2v) is 23.2. The zero-order valence-corrected chi connectivity index (χ0v) is 50.2. The van der Waals surface area contributed by atoms with Crippen LogP contribution in [0.5, 0.6) is 0 Å². The molecule has 83 heavy (non-hydrogen) atoms. The van der Waals surface area contributed by atoms with Crippen molar-refractivity contribution in [3.8, 4) is 11.1 Å². The second-order valence-electron chi connectivity index (χ2n) is 23.2. The van der Waals surface area contributed by atoms with Gasteiger partial charge in [0.1, 0.15) is 31.3 Å². The summed E-state index contributed by atoms with van der Waals surface area (Å²) in [6.07, 6.45) is 0.578. The van der Waals surface area contributed by atoms with Crippen LogP contribution in [-0.2, 0) is 50.2 Å². The highest BCUT2D eigenvalue weighted by Gasteiger charge is 2.42. The fraction of sp³-hybridized carbons (Fsp3) is 0.460. The van der Waals surface area contributed by atoms with Crippen LogP contribution in [0.3, 0.4) is 0 Å². The Bertz CT molecular complexity index is 2920. The lowest BCUT2D eigenvalue weighted by molar-refractivity contribution is -0.141. The third kappa shape index (κ3) is 17.9. The van der Waals surface area contributed by atoms with Gasteiger partial charge in [-0.25, -0.2) is 19.2 Å². The number of alkyl carbamates (subject to hydrolysis) is 1. The zero-order valence-electron chi connectivity index (χ0n) is 50.2. The number of likely N-dealkylation sites (N-methyl/N-ethyl adjacent to an activating group) is 2. The van der Waals surface area contributed by atoms with E-state index in [1.807, 2.05) is 103 Å². The number of nitrogens with zero attached hydrogens (tertiary/aromatic N) is 1. The summed E-state index contributed by atoms with van der Waals surface area (Å²) in [6, 6.07) is 24.3. The molecule has 4 aromatic rings. The van der Waals surface area contributed by atoms with Crippen LogP contribution in [0.15, 0.2) is 109 Å². The average Bonchev–Trinajstić information content (AvgIpc) is 2.77. The number of urea groups is 1. The van der Waals surface area contributed by atoms with Gasteiger partial charge in [0, 0.05) is 41.9 Å². The number of hydrogen-bond donors (Lipinski definition) is 8. The van der Waals surface area contributed by atoms with Crippen molar-refractivity contribution in [2.75, 3.05) is 44.5 Å². The van der Waals surface area contributed by atoms with E-state index in [1.165, 1.54) is 0 Å². The molecule has 9 N–H and O–H groups in total. The van der Waals surface area contributed by atoms with Crippen LogP contribution in [0, 0.1) is 17.3 Å². The number of anilines is 2. The van der Waals surface area contributed by atoms with Gasteiger partial charge in [0.25, 0.3) is 0 Å². The minimum atomic E-state index is -1.09. The number of nitrogens with two attached hydrogens (primary N) is 1. The number of carbonyl (C=O) groups is 8. The molecule has 5 rings (SSSR count). The largest absolute Gasteiger partial charge is 0.463 e. The maximum atomic E-state index is 14.3. The molecule has 0 fully saturated rings. The Morgan fingerprint density at radius 3 is 1.88 bits per heavy atom. The van der Waals surface area contributed by atoms with E-state index in [9.17, 15) is 38.4 Å². The van der Waals surface area contributed by atoms with Crippen molar-refractivity contribution in [2.45, 2.75) is 137 Å². The Morgan fingerprint density at radius 2 is 1.31 bits per heavy atom. The quantitative estimate of drug-likeness (QED) is 0.0128. The Labute approximate surface area is 488 Å². The number of nitrogens with one attached hydrogen (secondary N) is 7. The molecule has 0 aliphatic heterocycles. The minimum Gasteiger partial charge on any atom is -0.463 e. The van der Waals surface area contributed by atoms with Gasteiger partial charge in [-0.05, 0) is 109 Å². The van der Waals surface area contributed by atoms with E-state index in [2.05, 4.69) is 37.2 Å². The normalized spacial score (nSPS) is 14.1. The predicted molar refractivity (Wildman–Crippen MR) is 320 cm³/mol. The lowest BCUT2D eigenvalue weighted by Gasteiger charge is -2.40. The number of carbonyl (C=O) groups excluding carboxylic acids is 8. The van der Waals surface area contributed by atoms with Crippen LogP contribution in [0.2, 0.25) is 0 Å². The summed E-state index contributed by atoms with van der Waals surface area (Å²) >= 11 is 0. The minimum absolute atomic E-state index is 0.0467. The molecule has 0 saturated carbocycles. The fourth-order valence-electron chi connectivity index (χ4n) is 10.1. The maximum absolute atomic E-state index is 14.3. The summed E-state index contributed by atoms with van der Waals surface area (Å²) in [7, 11) is 3.33. The van der Waals surface area contributed by atoms with Crippen LogP contribution in [0.1, 0.15) is 117 Å². The standard InChI is InChI=1S/C63H85N9O11/c1-14-81-58(77)39(6)33-50(37(2)3)72(13)57(76)53(62(7,8)9)71-56(75)52(65-12)63(10,11)41-21-19-22-43(34-41)68-60(79)82-35-40-28-30-42(31-29-40)67-54(73)49(27-20-32-66-59(64)78)69-55(74)51(38(4)5)70-61(80)83-36-48-46-25-17-15-23-44(46)45-24-16-18-26-47(45)48/h15-19,21-26,28-31,33-34,37-38,48-53,65H,14,20,27,32,35-36H2,1-13H3,(H,67,73)(H,68,79)(H,69,74)(H,70,80)(H,71,75)(H3,64,66,78)/b39-33+/t49-,50+,51-,52?,53+/m0/s1. The highest BCUT2D eigenvalue weighted by Crippen LogP contribution is 2.44. The summed E-state index contributed by atoms with van der Waals surface area (Å²) in [5.41, 5.74) is 10.4. The molecule has 0 spiro atoms. The van der Waals surface area contributed by atoms with Crippen LogP contribution >= 0.6 is 0 Å². The summed E-state index contributed by atoms with van der Waals surface area (Å²) < 4.78 is 16.5. The number of ether oxygens (including phenoxy) is 3. The first-order valence-electron chi connectivity index (χ1n) is 28.2. The summed E-state index contributed by atoms with van der Waals surface area (Å²) in [6.45, 7) is 20.5. The number of amides is 8. The molecule has 1 aliphatic rings. The van der Waals surface area contributed by atoms with E-state index in [4.69, 9.17) is 19.9 Å². The predicted octanol–water partition coefficient (Wildman–Crippen LogP) is 8.26. The lowest BCUT2D eigenvalue weighted by atomic mass is 9.76. The van der Waals surface area contributed by atoms with Gasteiger partial charge >= 0.3 is 24.2 Å². The van der Waals surface area contributed by atoms with Crippen molar-refractivity contribution in [2.24, 2.45) is 23.0 Å². The first-order chi connectivity index (χ1) is 39.2. The third-order valence-electron chi connectivity index (χ3n) is 14.8. The van der Waals surface area contributed by atoms with Gasteiger partial charge < -0.3 is 56.7 Å². The summed E-state index contributed by atoms with van der Waals surface area (Å²) in [5.74, 6) is -3.02. The van der Waals surface area contributed by atoms with Gasteiger partial charge in [-0.3, -0.25) is 24.5 Å². The van der Waals surface area contributed by atoms with Crippen LogP contribution in [0.25, 0.3) is 11.1 Å². The number of fused-ring (bicyclic) bond motifs is 3. The molecule has 0 heterocycles. The number of hydrogen-bond acceptors (Lipinski definition) is 12. The van der Waals surface area contributed by atoms with Gasteiger partial charge in [-0.1, -0.05) is 141 Å². The van der Waals surface area contributed by atoms with Crippen LogP contribution in [0.4, 0.5) is 25.8 Å². The molecule has 4 aromatic carbocycles. The van der Waals surface area contributed by atoms with Gasteiger partial charge in [0.2, 0.25) is 23.6 Å². The first kappa shape index (κ1) is 65.5. The number of rotatable bonds is 26. The first-order valence-corrected chi connectivity index (χ1v) is 28.2. The topological polar surface area (TPSA) is 278 Å². The van der Waals surface area contributed by atoms with Gasteiger partial charge in [0.05, 0.1) is 18.7 Å². The molecular formula is C63H85N9O11. The molecule has 5 atom stereocenters. The number of benzene rings is 4. The van der Waals surface area contributed by atoms with Crippen molar-refractivity contribution in [3.05, 3.63) is 131 Å². The van der Waals surface area contributed by atoms with Crippen molar-refractivity contribution in [1.29, 1.82) is 0 Å². The highest BCUT2D eigenvalue weighted by molar-refractivity contribution is 5.98. The average molecular weight is 1140 g/mol. The zero-order chi connectivity index (χ0) is 61.3. The lowest BCUT2D eigenvalue weighted by Crippen LogP contribution is -2.61. The summed E-state index contributed by atoms with van der Waals surface area (Å²) in [5, 5.41) is 19.7. The molecule has 0 radical (unpaired) electrons. The van der Waals surface area contributed by atoms with E-state index in [0.717, 1.165) is 22.3 Å². The van der Waals surface area contributed by atoms with Crippen molar-refractivity contribution < 1.29 is 52.6 Å². The number of primary amides is 1. The van der Waals surface area contributed by atoms with E-state index < -0.39 is 88.9 Å². The smallest absolute Gasteiger partial charge is 0.411 e. The Kier molecular flexibility index (Phi) is 23.4. The van der Waals surface area contributed by atoms with Crippen molar-refractivity contribution >= 4 is 59.2 Å². The van der Waals surface area contributed by atoms with E-state index >= 15 is 0 Å². The van der Waals surface area contributed by atoms with Crippen molar-refractivity contribution in [1.82, 2.24) is 31.5 Å².